The van der Waals surface area contributed by atoms with Gasteiger partial charge in [-0.1, -0.05) is 80.1 Å². The van der Waals surface area contributed by atoms with E-state index >= 15 is 0 Å². The Hall–Kier alpha value is -3.86. The second-order valence-corrected chi connectivity index (χ2v) is 9.55. The van der Waals surface area contributed by atoms with Crippen molar-refractivity contribution < 1.29 is 9.53 Å². The van der Waals surface area contributed by atoms with Gasteiger partial charge in [0.2, 0.25) is 0 Å². The summed E-state index contributed by atoms with van der Waals surface area (Å²) in [4.78, 5) is 15.6. The molecule has 1 N–H and O–H groups in total. The van der Waals surface area contributed by atoms with Crippen molar-refractivity contribution in [3.05, 3.63) is 106 Å². The topological polar surface area (TPSA) is 58.2 Å². The van der Waals surface area contributed by atoms with Crippen molar-refractivity contribution in [1.82, 2.24) is 15.1 Å². The van der Waals surface area contributed by atoms with E-state index in [4.69, 9.17) is 4.74 Å². The maximum absolute atomic E-state index is 13.6. The number of H-pyrrole nitrogens is 1. The predicted octanol–water partition coefficient (Wildman–Crippen LogP) is 6.31. The van der Waals surface area contributed by atoms with Crippen LogP contribution in [0.15, 0.2) is 72.8 Å². The molecule has 0 aliphatic carbocycles. The Morgan fingerprint density at radius 3 is 2.29 bits per heavy atom. The summed E-state index contributed by atoms with van der Waals surface area (Å²) in [5, 5.41) is 7.66. The molecule has 2 heterocycles. The molecule has 1 unspecified atom stereocenters. The number of amides is 1. The third-order valence-electron chi connectivity index (χ3n) is 6.91. The van der Waals surface area contributed by atoms with Crippen molar-refractivity contribution in [2.24, 2.45) is 0 Å². The van der Waals surface area contributed by atoms with Crippen LogP contribution in [0, 0.1) is 6.92 Å². The van der Waals surface area contributed by atoms with E-state index in [1.54, 1.807) is 7.11 Å². The maximum Gasteiger partial charge on any atom is 0.273 e. The normalized spacial score (nSPS) is 15.1. The van der Waals surface area contributed by atoms with Crippen LogP contribution in [0.2, 0.25) is 0 Å². The molecular weight excluding hydrogens is 434 g/mol. The van der Waals surface area contributed by atoms with Crippen molar-refractivity contribution in [3.8, 4) is 17.0 Å². The summed E-state index contributed by atoms with van der Waals surface area (Å²) >= 11 is 0. The van der Waals surface area contributed by atoms with E-state index in [1.165, 1.54) is 16.7 Å². The average molecular weight is 466 g/mol. The van der Waals surface area contributed by atoms with Crippen molar-refractivity contribution in [2.45, 2.75) is 39.2 Å². The number of aromatic amines is 1. The van der Waals surface area contributed by atoms with E-state index in [9.17, 15) is 4.79 Å². The Morgan fingerprint density at radius 2 is 1.66 bits per heavy atom. The SMILES string of the molecule is COc1ccc(CCN2C(=O)c3[nH]nc(-c4ccc(C)cc4)c3C2c2ccc(C(C)C)cc2)cc1. The zero-order valence-electron chi connectivity index (χ0n) is 20.7. The first kappa shape index (κ1) is 22.9. The monoisotopic (exact) mass is 465 g/mol. The second-order valence-electron chi connectivity index (χ2n) is 9.55. The molecule has 0 radical (unpaired) electrons. The number of ether oxygens (including phenoxy) is 1. The van der Waals surface area contributed by atoms with Gasteiger partial charge in [0, 0.05) is 17.7 Å². The number of aryl methyl sites for hydroxylation is 1. The highest BCUT2D eigenvalue weighted by Crippen LogP contribution is 2.43. The fourth-order valence-corrected chi connectivity index (χ4v) is 4.81. The van der Waals surface area contributed by atoms with E-state index in [-0.39, 0.29) is 11.9 Å². The Kier molecular flexibility index (Phi) is 6.16. The number of hydrogen-bond acceptors (Lipinski definition) is 3. The number of carbonyl (C=O) groups excluding carboxylic acids is 1. The summed E-state index contributed by atoms with van der Waals surface area (Å²) in [6.07, 6.45) is 0.758. The number of benzene rings is 3. The van der Waals surface area contributed by atoms with Gasteiger partial charge in [-0.15, -0.1) is 0 Å². The lowest BCUT2D eigenvalue weighted by atomic mass is 9.93. The molecule has 1 aliphatic rings. The fraction of sp³-hybridized carbons (Fsp3) is 0.267. The summed E-state index contributed by atoms with van der Waals surface area (Å²) in [6, 6.07) is 24.9. The van der Waals surface area contributed by atoms with Gasteiger partial charge in [-0.05, 0) is 48.1 Å². The van der Waals surface area contributed by atoms with E-state index in [1.807, 2.05) is 17.0 Å². The lowest BCUT2D eigenvalue weighted by molar-refractivity contribution is 0.0746. The molecule has 1 atom stereocenters. The van der Waals surface area contributed by atoms with Crippen LogP contribution in [0.5, 0.6) is 5.75 Å². The first-order valence-corrected chi connectivity index (χ1v) is 12.2. The van der Waals surface area contributed by atoms with Crippen molar-refractivity contribution >= 4 is 5.91 Å². The molecule has 35 heavy (non-hydrogen) atoms. The summed E-state index contributed by atoms with van der Waals surface area (Å²) in [6.45, 7) is 7.07. The van der Waals surface area contributed by atoms with Crippen LogP contribution in [-0.4, -0.2) is 34.7 Å². The lowest BCUT2D eigenvalue weighted by Crippen LogP contribution is -2.31. The molecule has 1 aromatic heterocycles. The standard InChI is InChI=1S/C30H31N3O2/c1-19(2)22-11-13-24(14-12-22)29-26-27(23-9-5-20(3)6-10-23)31-32-28(26)30(34)33(29)18-17-21-7-15-25(35-4)16-8-21/h5-16,19,29H,17-18H2,1-4H3,(H,31,32). The Balaban J connectivity index is 1.53. The molecule has 4 aromatic rings. The van der Waals surface area contributed by atoms with E-state index in [2.05, 4.69) is 91.6 Å². The van der Waals surface area contributed by atoms with Gasteiger partial charge in [0.1, 0.15) is 11.4 Å². The second kappa shape index (κ2) is 9.41. The lowest BCUT2D eigenvalue weighted by Gasteiger charge is -2.27. The minimum Gasteiger partial charge on any atom is -0.497 e. The third-order valence-corrected chi connectivity index (χ3v) is 6.91. The highest BCUT2D eigenvalue weighted by atomic mass is 16.5. The Morgan fingerprint density at radius 1 is 0.971 bits per heavy atom. The van der Waals surface area contributed by atoms with Crippen LogP contribution >= 0.6 is 0 Å². The van der Waals surface area contributed by atoms with E-state index < -0.39 is 0 Å². The molecule has 3 aromatic carbocycles. The van der Waals surface area contributed by atoms with Gasteiger partial charge in [0.05, 0.1) is 18.8 Å². The quantitative estimate of drug-likeness (QED) is 0.348. The number of hydrogen-bond donors (Lipinski definition) is 1. The Bertz CT molecular complexity index is 1320. The molecule has 0 saturated carbocycles. The van der Waals surface area contributed by atoms with Gasteiger partial charge in [-0.25, -0.2) is 0 Å². The van der Waals surface area contributed by atoms with Crippen LogP contribution in [-0.2, 0) is 6.42 Å². The molecule has 5 heteroatoms. The van der Waals surface area contributed by atoms with Crippen LogP contribution in [0.3, 0.4) is 0 Å². The van der Waals surface area contributed by atoms with Crippen LogP contribution in [0.25, 0.3) is 11.3 Å². The maximum atomic E-state index is 13.6. The van der Waals surface area contributed by atoms with Crippen molar-refractivity contribution in [2.75, 3.05) is 13.7 Å². The first-order chi connectivity index (χ1) is 17.0. The molecule has 0 fully saturated rings. The van der Waals surface area contributed by atoms with E-state index in [0.717, 1.165) is 34.6 Å². The van der Waals surface area contributed by atoms with Crippen molar-refractivity contribution in [3.63, 3.8) is 0 Å². The molecular formula is C30H31N3O2. The number of rotatable bonds is 7. The van der Waals surface area contributed by atoms with Crippen LogP contribution in [0.1, 0.15) is 64.1 Å². The van der Waals surface area contributed by atoms with Gasteiger partial charge in [0.25, 0.3) is 5.91 Å². The highest BCUT2D eigenvalue weighted by molar-refractivity contribution is 6.00. The summed E-state index contributed by atoms with van der Waals surface area (Å²) in [5.41, 5.74) is 8.16. The van der Waals surface area contributed by atoms with Crippen molar-refractivity contribution in [1.29, 1.82) is 0 Å². The molecule has 1 aliphatic heterocycles. The number of nitrogens with one attached hydrogen (secondary N) is 1. The summed E-state index contributed by atoms with van der Waals surface area (Å²) in [7, 11) is 1.67. The number of carbonyl (C=O) groups is 1. The third kappa shape index (κ3) is 4.34. The minimum absolute atomic E-state index is 0.00249. The number of methoxy groups -OCH3 is 1. The minimum atomic E-state index is -0.188. The molecule has 5 nitrogen and oxygen atoms in total. The Labute approximate surface area is 206 Å². The molecule has 0 saturated heterocycles. The van der Waals surface area contributed by atoms with Gasteiger partial charge < -0.3 is 9.64 Å². The van der Waals surface area contributed by atoms with Crippen LogP contribution in [0.4, 0.5) is 0 Å². The molecule has 5 rings (SSSR count). The van der Waals surface area contributed by atoms with E-state index in [0.29, 0.717) is 18.2 Å². The fourth-order valence-electron chi connectivity index (χ4n) is 4.81. The smallest absolute Gasteiger partial charge is 0.273 e. The van der Waals surface area contributed by atoms with Gasteiger partial charge >= 0.3 is 0 Å². The predicted molar refractivity (Wildman–Crippen MR) is 139 cm³/mol. The largest absolute Gasteiger partial charge is 0.497 e. The number of nitrogens with zero attached hydrogens (tertiary/aromatic N) is 2. The highest BCUT2D eigenvalue weighted by Gasteiger charge is 2.41. The van der Waals surface area contributed by atoms with Crippen LogP contribution < -0.4 is 4.74 Å². The average Bonchev–Trinajstić information content (AvgIpc) is 3.42. The molecule has 0 bridgehead atoms. The molecule has 0 spiro atoms. The first-order valence-electron chi connectivity index (χ1n) is 12.2. The van der Waals surface area contributed by atoms with Gasteiger partial charge in [-0.3, -0.25) is 9.89 Å². The summed E-state index contributed by atoms with van der Waals surface area (Å²) in [5.74, 6) is 1.28. The number of fused-ring (bicyclic) bond motifs is 1. The number of aromatic nitrogens is 2. The molecule has 178 valence electrons. The zero-order chi connectivity index (χ0) is 24.5. The van der Waals surface area contributed by atoms with Gasteiger partial charge in [0.15, 0.2) is 0 Å². The summed E-state index contributed by atoms with van der Waals surface area (Å²) < 4.78 is 5.28. The zero-order valence-corrected chi connectivity index (χ0v) is 20.7. The molecule has 1 amide bonds. The van der Waals surface area contributed by atoms with Gasteiger partial charge in [-0.2, -0.15) is 5.10 Å².